The van der Waals surface area contributed by atoms with Gasteiger partial charge in [0.15, 0.2) is 11.6 Å². The summed E-state index contributed by atoms with van der Waals surface area (Å²) in [6, 6.07) is 2.10. The molecule has 2 heterocycles. The van der Waals surface area contributed by atoms with E-state index in [1.807, 2.05) is 0 Å². The lowest BCUT2D eigenvalue weighted by Crippen LogP contribution is -2.45. The summed E-state index contributed by atoms with van der Waals surface area (Å²) in [5, 5.41) is 12.0. The second kappa shape index (κ2) is 4.68. The Kier molecular flexibility index (Phi) is 2.98. The summed E-state index contributed by atoms with van der Waals surface area (Å²) < 4.78 is 26.3. The highest BCUT2D eigenvalue weighted by Gasteiger charge is 2.33. The SMILES string of the molecule is O=C(O)[C@@H]1Cc2[nH]cnc2[C@H](c2ccc(F)c(F)c2)N1. The summed E-state index contributed by atoms with van der Waals surface area (Å²) in [6.45, 7) is 0. The molecular formula is C13H11F2N3O2. The summed E-state index contributed by atoms with van der Waals surface area (Å²) in [5.41, 5.74) is 1.72. The zero-order chi connectivity index (χ0) is 14.3. The third-order valence-electron chi connectivity index (χ3n) is 3.38. The zero-order valence-electron chi connectivity index (χ0n) is 10.2. The number of imidazole rings is 1. The molecule has 1 aliphatic heterocycles. The number of carboxylic acid groups (broad SMARTS) is 1. The predicted octanol–water partition coefficient (Wildman–Crippen LogP) is 1.38. The van der Waals surface area contributed by atoms with Crippen LogP contribution in [-0.2, 0) is 11.2 Å². The first kappa shape index (κ1) is 12.7. The van der Waals surface area contributed by atoms with Crippen molar-refractivity contribution in [3.63, 3.8) is 0 Å². The van der Waals surface area contributed by atoms with Crippen LogP contribution >= 0.6 is 0 Å². The highest BCUT2D eigenvalue weighted by atomic mass is 19.2. The van der Waals surface area contributed by atoms with E-state index >= 15 is 0 Å². The summed E-state index contributed by atoms with van der Waals surface area (Å²) in [7, 11) is 0. The minimum atomic E-state index is -1.00. The van der Waals surface area contributed by atoms with Crippen LogP contribution in [0.5, 0.6) is 0 Å². The average molecular weight is 279 g/mol. The van der Waals surface area contributed by atoms with E-state index in [1.165, 1.54) is 12.4 Å². The van der Waals surface area contributed by atoms with Crippen molar-refractivity contribution < 1.29 is 18.7 Å². The summed E-state index contributed by atoms with van der Waals surface area (Å²) in [6.07, 6.45) is 1.73. The third-order valence-corrected chi connectivity index (χ3v) is 3.38. The first-order valence-electron chi connectivity index (χ1n) is 6.02. The number of halogens is 2. The first-order valence-corrected chi connectivity index (χ1v) is 6.02. The maximum Gasteiger partial charge on any atom is 0.321 e. The average Bonchev–Trinajstić information content (AvgIpc) is 2.89. The van der Waals surface area contributed by atoms with Gasteiger partial charge in [0.1, 0.15) is 6.04 Å². The summed E-state index contributed by atoms with van der Waals surface area (Å²) >= 11 is 0. The van der Waals surface area contributed by atoms with Crippen LogP contribution in [0.2, 0.25) is 0 Å². The number of fused-ring (bicyclic) bond motifs is 1. The van der Waals surface area contributed by atoms with E-state index < -0.39 is 29.7 Å². The standard InChI is InChI=1S/C13H11F2N3O2/c14-7-2-1-6(3-8(7)15)11-12-9(16-5-17-12)4-10(18-11)13(19)20/h1-3,5,10-11,18H,4H2,(H,16,17)(H,19,20)/t10-,11-/m0/s1. The fourth-order valence-corrected chi connectivity index (χ4v) is 2.39. The maximum atomic E-state index is 13.3. The number of carboxylic acids is 1. The number of aromatic nitrogens is 2. The van der Waals surface area contributed by atoms with Crippen LogP contribution in [0, 0.1) is 11.6 Å². The van der Waals surface area contributed by atoms with Gasteiger partial charge in [0, 0.05) is 12.1 Å². The Labute approximate surface area is 112 Å². The van der Waals surface area contributed by atoms with Crippen LogP contribution in [-0.4, -0.2) is 27.1 Å². The molecule has 104 valence electrons. The number of rotatable bonds is 2. The van der Waals surface area contributed by atoms with E-state index in [4.69, 9.17) is 5.11 Å². The number of hydrogen-bond donors (Lipinski definition) is 3. The fraction of sp³-hybridized carbons (Fsp3) is 0.231. The van der Waals surface area contributed by atoms with Gasteiger partial charge >= 0.3 is 5.97 Å². The Morgan fingerprint density at radius 2 is 2.15 bits per heavy atom. The molecule has 0 bridgehead atoms. The number of carbonyl (C=O) groups is 1. The molecule has 5 nitrogen and oxygen atoms in total. The van der Waals surface area contributed by atoms with Gasteiger partial charge in [-0.15, -0.1) is 0 Å². The molecule has 0 unspecified atom stereocenters. The quantitative estimate of drug-likeness (QED) is 0.776. The molecule has 20 heavy (non-hydrogen) atoms. The van der Waals surface area contributed by atoms with Crippen molar-refractivity contribution in [1.82, 2.24) is 15.3 Å². The van der Waals surface area contributed by atoms with Gasteiger partial charge in [-0.3, -0.25) is 10.1 Å². The minimum absolute atomic E-state index is 0.269. The Bertz CT molecular complexity index is 671. The zero-order valence-corrected chi connectivity index (χ0v) is 10.2. The molecule has 0 fully saturated rings. The first-order chi connectivity index (χ1) is 9.56. The maximum absolute atomic E-state index is 13.3. The lowest BCUT2D eigenvalue weighted by molar-refractivity contribution is -0.139. The molecule has 7 heteroatoms. The van der Waals surface area contributed by atoms with Crippen molar-refractivity contribution in [2.45, 2.75) is 18.5 Å². The molecule has 0 amide bonds. The van der Waals surface area contributed by atoms with Gasteiger partial charge in [-0.1, -0.05) is 6.07 Å². The van der Waals surface area contributed by atoms with E-state index in [0.717, 1.165) is 12.1 Å². The van der Waals surface area contributed by atoms with Gasteiger partial charge in [0.25, 0.3) is 0 Å². The van der Waals surface area contributed by atoms with Crippen molar-refractivity contribution in [2.75, 3.05) is 0 Å². The molecular weight excluding hydrogens is 268 g/mol. The third kappa shape index (κ3) is 2.05. The van der Waals surface area contributed by atoms with E-state index in [0.29, 0.717) is 17.0 Å². The molecule has 1 aliphatic rings. The Hall–Kier alpha value is -2.28. The molecule has 0 spiro atoms. The Morgan fingerprint density at radius 1 is 1.35 bits per heavy atom. The Morgan fingerprint density at radius 3 is 2.85 bits per heavy atom. The number of aromatic amines is 1. The summed E-state index contributed by atoms with van der Waals surface area (Å²) in [5.74, 6) is -2.92. The van der Waals surface area contributed by atoms with Gasteiger partial charge in [-0.2, -0.15) is 0 Å². The van der Waals surface area contributed by atoms with Gasteiger partial charge in [0.05, 0.1) is 18.1 Å². The largest absolute Gasteiger partial charge is 0.480 e. The second-order valence-corrected chi connectivity index (χ2v) is 4.63. The molecule has 0 saturated carbocycles. The van der Waals surface area contributed by atoms with Crippen LogP contribution in [0.25, 0.3) is 0 Å². The van der Waals surface area contributed by atoms with Gasteiger partial charge in [-0.05, 0) is 17.7 Å². The molecule has 0 saturated heterocycles. The van der Waals surface area contributed by atoms with Crippen molar-refractivity contribution >= 4 is 5.97 Å². The lowest BCUT2D eigenvalue weighted by atomic mass is 9.94. The molecule has 3 N–H and O–H groups in total. The number of nitrogens with zero attached hydrogens (tertiary/aromatic N) is 1. The van der Waals surface area contributed by atoms with Crippen molar-refractivity contribution in [3.8, 4) is 0 Å². The van der Waals surface area contributed by atoms with Crippen molar-refractivity contribution in [3.05, 3.63) is 53.1 Å². The van der Waals surface area contributed by atoms with Gasteiger partial charge in [0.2, 0.25) is 0 Å². The minimum Gasteiger partial charge on any atom is -0.480 e. The second-order valence-electron chi connectivity index (χ2n) is 4.63. The van der Waals surface area contributed by atoms with Gasteiger partial charge in [-0.25, -0.2) is 13.8 Å². The van der Waals surface area contributed by atoms with Crippen LogP contribution in [0.1, 0.15) is 23.0 Å². The highest BCUT2D eigenvalue weighted by Crippen LogP contribution is 2.29. The fourth-order valence-electron chi connectivity index (χ4n) is 2.39. The monoisotopic (exact) mass is 279 g/mol. The van der Waals surface area contributed by atoms with E-state index in [-0.39, 0.29) is 6.42 Å². The number of H-pyrrole nitrogens is 1. The molecule has 1 aromatic heterocycles. The number of hydrogen-bond acceptors (Lipinski definition) is 3. The highest BCUT2D eigenvalue weighted by molar-refractivity contribution is 5.74. The van der Waals surface area contributed by atoms with Crippen LogP contribution in [0.3, 0.4) is 0 Å². The summed E-state index contributed by atoms with van der Waals surface area (Å²) in [4.78, 5) is 18.2. The lowest BCUT2D eigenvalue weighted by Gasteiger charge is -2.28. The molecule has 2 aromatic rings. The topological polar surface area (TPSA) is 78.0 Å². The van der Waals surface area contributed by atoms with Crippen molar-refractivity contribution in [2.24, 2.45) is 0 Å². The van der Waals surface area contributed by atoms with Gasteiger partial charge < -0.3 is 10.1 Å². The van der Waals surface area contributed by atoms with E-state index in [1.54, 1.807) is 0 Å². The predicted molar refractivity (Wildman–Crippen MR) is 65.1 cm³/mol. The molecule has 1 aromatic carbocycles. The van der Waals surface area contributed by atoms with Crippen LogP contribution in [0.15, 0.2) is 24.5 Å². The van der Waals surface area contributed by atoms with E-state index in [2.05, 4.69) is 15.3 Å². The number of benzene rings is 1. The smallest absolute Gasteiger partial charge is 0.321 e. The van der Waals surface area contributed by atoms with E-state index in [9.17, 15) is 13.6 Å². The number of aliphatic carboxylic acids is 1. The van der Waals surface area contributed by atoms with Crippen LogP contribution in [0.4, 0.5) is 8.78 Å². The molecule has 3 rings (SSSR count). The molecule has 0 aliphatic carbocycles. The number of nitrogens with one attached hydrogen (secondary N) is 2. The molecule has 0 radical (unpaired) electrons. The molecule has 2 atom stereocenters. The Balaban J connectivity index is 2.03. The normalized spacial score (nSPS) is 21.5. The van der Waals surface area contributed by atoms with Crippen molar-refractivity contribution in [1.29, 1.82) is 0 Å². The van der Waals surface area contributed by atoms with Crippen LogP contribution < -0.4 is 5.32 Å².